The lowest BCUT2D eigenvalue weighted by atomic mass is 10.3. The highest BCUT2D eigenvalue weighted by atomic mass is 32.2. The first kappa shape index (κ1) is 23.4. The molecule has 34 heavy (non-hydrogen) atoms. The van der Waals surface area contributed by atoms with Gasteiger partial charge in [-0.3, -0.25) is 9.12 Å². The fourth-order valence-electron chi connectivity index (χ4n) is 3.67. The number of fused-ring (bicyclic) bond motifs is 1. The van der Waals surface area contributed by atoms with Crippen LogP contribution in [0, 0.1) is 16.1 Å². The largest absolute Gasteiger partial charge is 0.493 e. The van der Waals surface area contributed by atoms with E-state index in [1.807, 2.05) is 18.2 Å². The maximum Gasteiger partial charge on any atom is 0.374 e. The summed E-state index contributed by atoms with van der Waals surface area (Å²) in [6.45, 7) is 0.235. The van der Waals surface area contributed by atoms with Crippen LogP contribution in [0.15, 0.2) is 59.0 Å². The average Bonchev–Trinajstić information content (AvgIpc) is 3.28. The van der Waals surface area contributed by atoms with Gasteiger partial charge in [-0.05, 0) is 36.5 Å². The van der Waals surface area contributed by atoms with E-state index in [9.17, 15) is 18.1 Å². The molecule has 0 atom stereocenters. The molecule has 2 aromatic heterocycles. The van der Waals surface area contributed by atoms with Gasteiger partial charge in [0.2, 0.25) is 11.5 Å². The van der Waals surface area contributed by atoms with E-state index >= 15 is 0 Å². The predicted molar refractivity (Wildman–Crippen MR) is 128 cm³/mol. The number of nitrogens with zero attached hydrogens (tertiary/aromatic N) is 4. The Balaban J connectivity index is 1.83. The van der Waals surface area contributed by atoms with Crippen LogP contribution in [0.5, 0.6) is 5.88 Å². The summed E-state index contributed by atoms with van der Waals surface area (Å²) < 4.78 is 42.9. The molecule has 2 N–H and O–H groups in total. The van der Waals surface area contributed by atoms with Gasteiger partial charge in [-0.25, -0.2) is 0 Å². The Hall–Kier alpha value is -3.72. The Morgan fingerprint density at radius 3 is 2.53 bits per heavy atom. The fourth-order valence-corrected chi connectivity index (χ4v) is 4.46. The zero-order valence-corrected chi connectivity index (χ0v) is 19.5. The lowest BCUT2D eigenvalue weighted by molar-refractivity contribution is -0.673. The third-order valence-corrected chi connectivity index (χ3v) is 6.31. The van der Waals surface area contributed by atoms with E-state index in [1.165, 1.54) is 4.57 Å². The second-order valence-corrected chi connectivity index (χ2v) is 9.34. The van der Waals surface area contributed by atoms with Crippen LogP contribution in [0.3, 0.4) is 0 Å². The summed E-state index contributed by atoms with van der Waals surface area (Å²) in [5.74, 6) is -0.281. The van der Waals surface area contributed by atoms with Crippen molar-refractivity contribution < 1.29 is 27.1 Å². The van der Waals surface area contributed by atoms with Gasteiger partial charge in [0.25, 0.3) is 15.6 Å². The van der Waals surface area contributed by atoms with E-state index in [-0.39, 0.29) is 25.4 Å². The molecule has 2 aromatic carbocycles. The molecular weight excluding hydrogens is 476 g/mol. The van der Waals surface area contributed by atoms with Gasteiger partial charge in [0.15, 0.2) is 11.3 Å². The van der Waals surface area contributed by atoms with E-state index in [0.29, 0.717) is 33.1 Å². The molecule has 0 bridgehead atoms. The normalized spacial score (nSPS) is 11.9. The number of benzene rings is 2. The van der Waals surface area contributed by atoms with Crippen LogP contribution in [0.2, 0.25) is 0 Å². The van der Waals surface area contributed by atoms with Gasteiger partial charge < -0.3 is 14.1 Å². The van der Waals surface area contributed by atoms with Crippen molar-refractivity contribution in [1.29, 1.82) is 5.26 Å². The Bertz CT molecular complexity index is 1580. The maximum atomic E-state index is 11.3. The van der Waals surface area contributed by atoms with Gasteiger partial charge in [0, 0.05) is 12.6 Å². The summed E-state index contributed by atoms with van der Waals surface area (Å²) in [6, 6.07) is 18.3. The van der Waals surface area contributed by atoms with Crippen molar-refractivity contribution in [3.63, 3.8) is 0 Å². The molecule has 174 valence electrons. The number of aryl methyl sites for hydroxylation is 1. The first-order valence-electron chi connectivity index (χ1n) is 10.3. The number of hydrogen-bond acceptors (Lipinski definition) is 6. The number of hydrogen-bond donors (Lipinski definition) is 2. The van der Waals surface area contributed by atoms with Crippen LogP contribution in [0.4, 0.5) is 0 Å². The molecule has 0 aliphatic heterocycles. The summed E-state index contributed by atoms with van der Waals surface area (Å²) >= 11 is 5.59. The summed E-state index contributed by atoms with van der Waals surface area (Å²) in [4.78, 5) is 0. The minimum Gasteiger partial charge on any atom is -0.493 e. The fraction of sp³-hybridized carbons (Fsp3) is 0.174. The van der Waals surface area contributed by atoms with E-state index in [4.69, 9.17) is 21.9 Å². The number of imidazole rings is 1. The molecule has 0 fully saturated rings. The Kier molecular flexibility index (Phi) is 6.65. The smallest absolute Gasteiger partial charge is 0.374 e. The highest BCUT2D eigenvalue weighted by Crippen LogP contribution is 2.28. The van der Waals surface area contributed by atoms with Crippen molar-refractivity contribution >= 4 is 45.6 Å². The molecular formula is C23H21N4O5S2+. The summed E-state index contributed by atoms with van der Waals surface area (Å²) in [7, 11) is -4.19. The van der Waals surface area contributed by atoms with Crippen molar-refractivity contribution in [3.05, 3.63) is 71.0 Å². The number of nitriles is 1. The number of oxazole rings is 1. The molecule has 4 aromatic rings. The molecule has 0 saturated heterocycles. The third kappa shape index (κ3) is 4.79. The van der Waals surface area contributed by atoms with Crippen molar-refractivity contribution in [2.45, 2.75) is 19.5 Å². The first-order valence-corrected chi connectivity index (χ1v) is 12.3. The number of aromatic nitrogens is 3. The van der Waals surface area contributed by atoms with E-state index < -0.39 is 15.9 Å². The Labute approximate surface area is 200 Å². The topological polar surface area (TPSA) is 125 Å². The monoisotopic (exact) mass is 497 g/mol. The molecule has 9 nitrogen and oxygen atoms in total. The number of rotatable bonds is 8. The van der Waals surface area contributed by atoms with Crippen molar-refractivity contribution in [2.75, 3.05) is 5.75 Å². The molecule has 11 heteroatoms. The molecule has 0 aliphatic rings. The summed E-state index contributed by atoms with van der Waals surface area (Å²) in [5.41, 5.74) is 2.22. The van der Waals surface area contributed by atoms with Gasteiger partial charge in [-0.1, -0.05) is 30.3 Å². The molecule has 0 amide bonds. The molecule has 4 rings (SSSR count). The second-order valence-electron chi connectivity index (χ2n) is 7.40. The van der Waals surface area contributed by atoms with Crippen molar-refractivity contribution in [2.24, 2.45) is 0 Å². The molecule has 0 aliphatic carbocycles. The van der Waals surface area contributed by atoms with Gasteiger partial charge in [0.1, 0.15) is 11.4 Å². The van der Waals surface area contributed by atoms with Crippen molar-refractivity contribution in [1.82, 2.24) is 9.13 Å². The Morgan fingerprint density at radius 2 is 1.82 bits per heavy atom. The minimum absolute atomic E-state index is 0.0345. The molecule has 0 spiro atoms. The summed E-state index contributed by atoms with van der Waals surface area (Å²) in [5, 5.41) is 20.1. The zero-order chi connectivity index (χ0) is 24.3. The van der Waals surface area contributed by atoms with E-state index in [2.05, 4.69) is 6.07 Å². The predicted octanol–water partition coefficient (Wildman–Crippen LogP) is 3.72. The first-order chi connectivity index (χ1) is 16.3. The van der Waals surface area contributed by atoms with E-state index in [0.717, 1.165) is 0 Å². The molecule has 0 unspecified atom stereocenters. The highest BCUT2D eigenvalue weighted by Gasteiger charge is 2.23. The van der Waals surface area contributed by atoms with Crippen LogP contribution in [0.25, 0.3) is 28.9 Å². The minimum atomic E-state index is -4.19. The molecule has 2 heterocycles. The summed E-state index contributed by atoms with van der Waals surface area (Å²) in [6.07, 6.45) is 3.38. The second kappa shape index (κ2) is 9.64. The van der Waals surface area contributed by atoms with Crippen LogP contribution in [-0.2, 0) is 23.2 Å². The average molecular weight is 498 g/mol. The SMILES string of the molecule is N#CCCn1c(/C=C/c2oc3ccccc3[n+]2CCS(=O)(=O)O)c(O)n(-c2ccccc2)c1=S. The van der Waals surface area contributed by atoms with Gasteiger partial charge in [0.05, 0.1) is 24.3 Å². The lowest BCUT2D eigenvalue weighted by Gasteiger charge is -2.03. The maximum absolute atomic E-state index is 11.3. The van der Waals surface area contributed by atoms with Gasteiger partial charge in [-0.2, -0.15) is 18.2 Å². The third-order valence-electron chi connectivity index (χ3n) is 5.21. The van der Waals surface area contributed by atoms with Crippen LogP contribution in [0.1, 0.15) is 18.0 Å². The van der Waals surface area contributed by atoms with Crippen molar-refractivity contribution in [3.8, 4) is 17.6 Å². The number of aromatic hydroxyl groups is 1. The molecule has 0 saturated carbocycles. The van der Waals surface area contributed by atoms with Crippen LogP contribution >= 0.6 is 12.2 Å². The van der Waals surface area contributed by atoms with Gasteiger partial charge in [-0.15, -0.1) is 0 Å². The van der Waals surface area contributed by atoms with Gasteiger partial charge >= 0.3 is 5.89 Å². The van der Waals surface area contributed by atoms with Crippen LogP contribution in [-0.4, -0.2) is 33.0 Å². The zero-order valence-electron chi connectivity index (χ0n) is 17.9. The quantitative estimate of drug-likeness (QED) is 0.216. The standard InChI is InChI=1S/C23H20N4O5S2/c24-13-6-14-26-19(22(28)27(23(26)33)17-7-2-1-3-8-17)11-12-21-25(15-16-34(29,30)31)18-9-4-5-10-20(18)32-21/h1-5,7-12H,6,14-16H2,(H,29,30,31)/p+1. The Morgan fingerprint density at radius 1 is 1.12 bits per heavy atom. The van der Waals surface area contributed by atoms with E-state index in [1.54, 1.807) is 57.7 Å². The highest BCUT2D eigenvalue weighted by molar-refractivity contribution is 7.85. The van der Waals surface area contributed by atoms with Crippen LogP contribution < -0.4 is 4.57 Å². The molecule has 0 radical (unpaired) electrons. The lowest BCUT2D eigenvalue weighted by Crippen LogP contribution is -2.38. The number of para-hydroxylation sites is 3.